The zero-order valence-electron chi connectivity index (χ0n) is 18.1. The van der Waals surface area contributed by atoms with E-state index in [1.165, 1.54) is 24.7 Å². The van der Waals surface area contributed by atoms with Gasteiger partial charge in [0.15, 0.2) is 12.2 Å². The predicted octanol–water partition coefficient (Wildman–Crippen LogP) is 4.00. The Balaban J connectivity index is 1.37. The zero-order valence-corrected chi connectivity index (χ0v) is 18.8. The fourth-order valence-corrected chi connectivity index (χ4v) is 4.44. The molecule has 2 atom stereocenters. The highest BCUT2D eigenvalue weighted by Gasteiger charge is 2.37. The third-order valence-corrected chi connectivity index (χ3v) is 6.34. The van der Waals surface area contributed by atoms with E-state index in [4.69, 9.17) is 20.8 Å². The molecule has 0 unspecified atom stereocenters. The highest BCUT2D eigenvalue weighted by atomic mass is 35.5. The summed E-state index contributed by atoms with van der Waals surface area (Å²) in [6.45, 7) is 1.35. The van der Waals surface area contributed by atoms with E-state index in [0.717, 1.165) is 5.56 Å². The third kappa shape index (κ3) is 4.56. The Morgan fingerprint density at radius 2 is 2.15 bits per heavy atom. The van der Waals surface area contributed by atoms with Crippen molar-refractivity contribution in [1.29, 1.82) is 0 Å². The van der Waals surface area contributed by atoms with Gasteiger partial charge in [0.05, 0.1) is 23.4 Å². The Bertz CT molecular complexity index is 1200. The average Bonchev–Trinajstić information content (AvgIpc) is 3.50. The molecule has 2 saturated heterocycles. The van der Waals surface area contributed by atoms with E-state index in [1.54, 1.807) is 29.2 Å². The van der Waals surface area contributed by atoms with E-state index in [2.05, 4.69) is 15.6 Å². The maximum atomic E-state index is 15.0. The van der Waals surface area contributed by atoms with Crippen LogP contribution in [-0.4, -0.2) is 47.1 Å². The summed E-state index contributed by atoms with van der Waals surface area (Å²) < 4.78 is 26.6. The summed E-state index contributed by atoms with van der Waals surface area (Å²) in [7, 11) is 0. The fraction of sp³-hybridized carbons (Fsp3) is 0.292. The highest BCUT2D eigenvalue weighted by molar-refractivity contribution is 6.30. The van der Waals surface area contributed by atoms with Crippen molar-refractivity contribution in [1.82, 2.24) is 20.5 Å². The molecule has 2 aliphatic heterocycles. The summed E-state index contributed by atoms with van der Waals surface area (Å²) in [5.41, 5.74) is 1.06. The summed E-state index contributed by atoms with van der Waals surface area (Å²) in [6, 6.07) is 9.62. The molecule has 176 valence electrons. The van der Waals surface area contributed by atoms with Gasteiger partial charge in [-0.2, -0.15) is 0 Å². The van der Waals surface area contributed by atoms with Crippen LogP contribution < -0.4 is 15.4 Å². The van der Waals surface area contributed by atoms with Crippen molar-refractivity contribution >= 4 is 23.5 Å². The van der Waals surface area contributed by atoms with E-state index in [9.17, 15) is 9.59 Å². The topological polar surface area (TPSA) is 96.7 Å². The number of ether oxygens (including phenoxy) is 1. The summed E-state index contributed by atoms with van der Waals surface area (Å²) in [6.07, 6.45) is 3.76. The van der Waals surface area contributed by atoms with Gasteiger partial charge in [-0.05, 0) is 29.8 Å². The maximum Gasteiger partial charge on any atom is 0.317 e. The summed E-state index contributed by atoms with van der Waals surface area (Å²) in [4.78, 5) is 30.4. The molecular weight excluding hydrogens is 463 g/mol. The third-order valence-electron chi connectivity index (χ3n) is 6.09. The number of nitrogens with one attached hydrogen (secondary N) is 2. The van der Waals surface area contributed by atoms with Gasteiger partial charge in [0.25, 0.3) is 5.91 Å². The Morgan fingerprint density at radius 3 is 2.91 bits per heavy atom. The fourth-order valence-electron chi connectivity index (χ4n) is 4.31. The van der Waals surface area contributed by atoms with E-state index >= 15 is 4.39 Å². The van der Waals surface area contributed by atoms with Gasteiger partial charge >= 0.3 is 6.03 Å². The monoisotopic (exact) mass is 484 g/mol. The van der Waals surface area contributed by atoms with Gasteiger partial charge < -0.3 is 24.7 Å². The van der Waals surface area contributed by atoms with Crippen LogP contribution in [0, 0.1) is 5.82 Å². The number of benzene rings is 2. The molecule has 3 heterocycles. The van der Waals surface area contributed by atoms with Crippen LogP contribution in [-0.2, 0) is 6.54 Å². The van der Waals surface area contributed by atoms with Crippen LogP contribution in [0.3, 0.4) is 0 Å². The first-order chi connectivity index (χ1) is 16.5. The standard InChI is InChI=1S/C24H22ClFN4O4/c25-15-3-1-14(2-4-15)10-28-23(31)18-9-21(19(8-20(18)26)22-12-27-13-33-22)34-17-5-6-30-16(7-17)11-29-24(30)32/h1-4,8-9,12-13,16-17H,5-7,10-11H2,(H,28,31)(H,29,32)/t16-,17-/m0/s1. The van der Waals surface area contributed by atoms with Crippen molar-refractivity contribution in [2.45, 2.75) is 31.5 Å². The molecule has 0 radical (unpaired) electrons. The van der Waals surface area contributed by atoms with E-state index in [0.29, 0.717) is 48.0 Å². The van der Waals surface area contributed by atoms with Crippen LogP contribution in [0.1, 0.15) is 28.8 Å². The lowest BCUT2D eigenvalue weighted by atomic mass is 10.0. The van der Waals surface area contributed by atoms with Gasteiger partial charge in [0.1, 0.15) is 17.7 Å². The molecular formula is C24H22ClFN4O4. The van der Waals surface area contributed by atoms with Crippen LogP contribution >= 0.6 is 11.6 Å². The summed E-state index contributed by atoms with van der Waals surface area (Å²) in [5.74, 6) is -0.614. The number of hydrogen-bond acceptors (Lipinski definition) is 5. The number of piperidine rings is 1. The number of hydrogen-bond donors (Lipinski definition) is 2. The number of carbonyl (C=O) groups excluding carboxylic acids is 2. The Kier molecular flexibility index (Phi) is 6.10. The number of urea groups is 1. The normalized spacial score (nSPS) is 19.5. The molecule has 0 aliphatic carbocycles. The van der Waals surface area contributed by atoms with Crippen LogP contribution in [0.25, 0.3) is 11.3 Å². The van der Waals surface area contributed by atoms with Gasteiger partial charge in [0, 0.05) is 37.5 Å². The van der Waals surface area contributed by atoms with Crippen LogP contribution in [0.4, 0.5) is 9.18 Å². The number of nitrogens with zero attached hydrogens (tertiary/aromatic N) is 2. The number of fused-ring (bicyclic) bond motifs is 1. The van der Waals surface area contributed by atoms with Crippen molar-refractivity contribution in [3.63, 3.8) is 0 Å². The molecule has 2 fully saturated rings. The van der Waals surface area contributed by atoms with E-state index in [1.807, 2.05) is 0 Å². The Labute approximate surface area is 200 Å². The molecule has 5 rings (SSSR count). The highest BCUT2D eigenvalue weighted by Crippen LogP contribution is 2.35. The molecule has 2 aliphatic rings. The minimum atomic E-state index is -0.701. The van der Waals surface area contributed by atoms with Crippen LogP contribution in [0.5, 0.6) is 5.75 Å². The predicted molar refractivity (Wildman–Crippen MR) is 122 cm³/mol. The molecule has 2 N–H and O–H groups in total. The quantitative estimate of drug-likeness (QED) is 0.551. The lowest BCUT2D eigenvalue weighted by molar-refractivity contribution is 0.0915. The number of oxazole rings is 1. The number of halogens is 2. The SMILES string of the molecule is O=C(NCc1ccc(Cl)cc1)c1cc(O[C@H]2CCN3C(=O)NC[C@@H]3C2)c(-c2cnco2)cc1F. The first kappa shape index (κ1) is 22.2. The van der Waals surface area contributed by atoms with Crippen LogP contribution in [0.2, 0.25) is 5.02 Å². The van der Waals surface area contributed by atoms with Crippen molar-refractivity contribution in [3.05, 3.63) is 71.0 Å². The second-order valence-corrected chi connectivity index (χ2v) is 8.74. The number of rotatable bonds is 6. The molecule has 3 aromatic rings. The number of carbonyl (C=O) groups is 2. The summed E-state index contributed by atoms with van der Waals surface area (Å²) in [5, 5.41) is 6.16. The van der Waals surface area contributed by atoms with Gasteiger partial charge in [-0.3, -0.25) is 4.79 Å². The number of aromatic nitrogens is 1. The zero-order chi connectivity index (χ0) is 23.7. The van der Waals surface area contributed by atoms with Crippen molar-refractivity contribution < 1.29 is 23.1 Å². The Morgan fingerprint density at radius 1 is 1.32 bits per heavy atom. The second kappa shape index (κ2) is 9.34. The number of amides is 3. The average molecular weight is 485 g/mol. The first-order valence-corrected chi connectivity index (χ1v) is 11.3. The lowest BCUT2D eigenvalue weighted by Gasteiger charge is -2.34. The van der Waals surface area contributed by atoms with Crippen LogP contribution in [0.15, 0.2) is 53.4 Å². The molecule has 0 spiro atoms. The van der Waals surface area contributed by atoms with Gasteiger partial charge in [-0.1, -0.05) is 23.7 Å². The molecule has 34 heavy (non-hydrogen) atoms. The maximum absolute atomic E-state index is 15.0. The lowest BCUT2D eigenvalue weighted by Crippen LogP contribution is -2.44. The smallest absolute Gasteiger partial charge is 0.317 e. The van der Waals surface area contributed by atoms with Crippen molar-refractivity contribution in [2.75, 3.05) is 13.1 Å². The molecule has 10 heteroatoms. The van der Waals surface area contributed by atoms with E-state index < -0.39 is 11.7 Å². The van der Waals surface area contributed by atoms with Gasteiger partial charge in [0.2, 0.25) is 0 Å². The summed E-state index contributed by atoms with van der Waals surface area (Å²) >= 11 is 5.90. The molecule has 0 bridgehead atoms. The Hall–Kier alpha value is -3.59. The molecule has 2 aromatic carbocycles. The van der Waals surface area contributed by atoms with Crippen molar-refractivity contribution in [3.8, 4) is 17.1 Å². The minimum Gasteiger partial charge on any atom is -0.489 e. The van der Waals surface area contributed by atoms with Crippen molar-refractivity contribution in [2.24, 2.45) is 0 Å². The van der Waals surface area contributed by atoms with E-state index in [-0.39, 0.29) is 30.3 Å². The molecule has 8 nitrogen and oxygen atoms in total. The molecule has 0 saturated carbocycles. The van der Waals surface area contributed by atoms with Gasteiger partial charge in [-0.15, -0.1) is 0 Å². The largest absolute Gasteiger partial charge is 0.489 e. The minimum absolute atomic E-state index is 0.0440. The first-order valence-electron chi connectivity index (χ1n) is 10.9. The second-order valence-electron chi connectivity index (χ2n) is 8.30. The molecule has 3 amide bonds. The molecule has 1 aromatic heterocycles. The van der Waals surface area contributed by atoms with Gasteiger partial charge in [-0.25, -0.2) is 14.2 Å².